The summed E-state index contributed by atoms with van der Waals surface area (Å²) in [5, 5.41) is 23.9. The Morgan fingerprint density at radius 2 is 1.89 bits per heavy atom. The Labute approximate surface area is 158 Å². The molecule has 8 heteroatoms. The van der Waals surface area contributed by atoms with Crippen molar-refractivity contribution >= 4 is 29.0 Å². The maximum absolute atomic E-state index is 8.60. The van der Waals surface area contributed by atoms with Crippen molar-refractivity contribution in [2.45, 2.75) is 6.92 Å². The van der Waals surface area contributed by atoms with Crippen molar-refractivity contribution in [3.8, 4) is 0 Å². The van der Waals surface area contributed by atoms with Crippen LogP contribution in [0, 0.1) is 16.2 Å². The Morgan fingerprint density at radius 3 is 2.59 bits per heavy atom. The fourth-order valence-corrected chi connectivity index (χ4v) is 2.82. The number of nitrogens with one attached hydrogen (secondary N) is 3. The Bertz CT molecular complexity index is 896. The minimum absolute atomic E-state index is 0. The third-order valence-electron chi connectivity index (χ3n) is 4.21. The smallest absolute Gasteiger partial charge is 0.220 e. The van der Waals surface area contributed by atoms with E-state index in [1.165, 1.54) is 6.92 Å². The summed E-state index contributed by atoms with van der Waals surface area (Å²) >= 11 is 0. The van der Waals surface area contributed by atoms with Crippen molar-refractivity contribution in [2.75, 3.05) is 36.9 Å². The van der Waals surface area contributed by atoms with Crippen molar-refractivity contribution in [3.05, 3.63) is 53.2 Å². The van der Waals surface area contributed by atoms with E-state index in [-0.39, 0.29) is 18.9 Å². The number of morpholine rings is 1. The number of benzene rings is 1. The number of nitrogens with two attached hydrogens (primary N) is 1. The average Bonchev–Trinajstić information content (AvgIpc) is 2.68. The lowest BCUT2D eigenvalue weighted by Gasteiger charge is -2.28. The number of ether oxygens (including phenoxy) is 2. The van der Waals surface area contributed by atoms with Gasteiger partial charge in [0.1, 0.15) is 5.82 Å². The van der Waals surface area contributed by atoms with Crippen LogP contribution in [0.15, 0.2) is 36.5 Å². The number of hydrogen-bond donors (Lipinski definition) is 4. The average molecular weight is 368 g/mol. The van der Waals surface area contributed by atoms with Gasteiger partial charge in [-0.3, -0.25) is 16.2 Å². The van der Waals surface area contributed by atoms with Crippen LogP contribution in [0.3, 0.4) is 0 Å². The summed E-state index contributed by atoms with van der Waals surface area (Å²) in [7, 11) is 0. The van der Waals surface area contributed by atoms with Crippen LogP contribution in [0.5, 0.6) is 0 Å². The Balaban J connectivity index is 0.00000280. The van der Waals surface area contributed by atoms with Gasteiger partial charge in [-0.05, 0) is 30.3 Å². The molecule has 0 spiro atoms. The van der Waals surface area contributed by atoms with Gasteiger partial charge in [0, 0.05) is 50.0 Å². The predicted octanol–water partition coefficient (Wildman–Crippen LogP) is 2.50. The molecule has 0 amide bonds. The van der Waals surface area contributed by atoms with Crippen LogP contribution in [0.25, 0.3) is 0 Å². The molecule has 1 saturated heterocycles. The van der Waals surface area contributed by atoms with Crippen LogP contribution >= 0.6 is 0 Å². The molecule has 0 atom stereocenters. The van der Waals surface area contributed by atoms with Gasteiger partial charge in [0.25, 0.3) is 0 Å². The maximum atomic E-state index is 8.60. The first-order valence-electron chi connectivity index (χ1n) is 8.55. The number of hydrogen-bond acceptors (Lipinski definition) is 8. The summed E-state index contributed by atoms with van der Waals surface area (Å²) < 4.78 is 10.4. The van der Waals surface area contributed by atoms with Crippen molar-refractivity contribution in [1.82, 2.24) is 4.98 Å². The molecule has 1 aromatic heterocycles. The minimum Gasteiger partial charge on any atom is -0.426 e. The molecule has 0 aliphatic carbocycles. The molecule has 2 aromatic rings. The molecule has 0 bridgehead atoms. The second-order valence-corrected chi connectivity index (χ2v) is 6.17. The van der Waals surface area contributed by atoms with Crippen molar-refractivity contribution in [2.24, 2.45) is 0 Å². The van der Waals surface area contributed by atoms with Crippen LogP contribution in [-0.2, 0) is 9.47 Å². The van der Waals surface area contributed by atoms with Gasteiger partial charge >= 0.3 is 0 Å². The molecule has 5 N–H and O–H groups in total. The van der Waals surface area contributed by atoms with Gasteiger partial charge in [0.15, 0.2) is 5.90 Å². The molecular formula is C19H24N6O2. The summed E-state index contributed by atoms with van der Waals surface area (Å²) in [5.41, 5.74) is 8.40. The van der Waals surface area contributed by atoms with Crippen molar-refractivity contribution in [3.63, 3.8) is 0 Å². The molecule has 8 nitrogen and oxygen atoms in total. The van der Waals surface area contributed by atoms with Gasteiger partial charge < -0.3 is 20.1 Å². The van der Waals surface area contributed by atoms with E-state index < -0.39 is 0 Å². The molecule has 2 heterocycles. The summed E-state index contributed by atoms with van der Waals surface area (Å²) in [6, 6.07) is 8.55. The fourth-order valence-electron chi connectivity index (χ4n) is 2.82. The van der Waals surface area contributed by atoms with E-state index >= 15 is 0 Å². The van der Waals surface area contributed by atoms with E-state index in [1.807, 2.05) is 6.07 Å². The highest BCUT2D eigenvalue weighted by atomic mass is 16.5. The number of rotatable bonds is 4. The molecule has 0 saturated carbocycles. The van der Waals surface area contributed by atoms with Crippen LogP contribution in [0.2, 0.25) is 0 Å². The predicted molar refractivity (Wildman–Crippen MR) is 107 cm³/mol. The first-order chi connectivity index (χ1) is 13.0. The quantitative estimate of drug-likeness (QED) is 0.374. The van der Waals surface area contributed by atoms with Gasteiger partial charge in [0.2, 0.25) is 5.90 Å². The molecule has 0 radical (unpaired) electrons. The molecular weight excluding hydrogens is 344 g/mol. The molecule has 27 heavy (non-hydrogen) atoms. The van der Waals surface area contributed by atoms with E-state index in [0.29, 0.717) is 35.6 Å². The van der Waals surface area contributed by atoms with E-state index in [1.54, 1.807) is 30.5 Å². The summed E-state index contributed by atoms with van der Waals surface area (Å²) in [6.07, 6.45) is 1.68. The summed E-state index contributed by atoms with van der Waals surface area (Å²) in [4.78, 5) is 6.53. The molecule has 1 aliphatic heterocycles. The fraction of sp³-hybridized carbons (Fsp3) is 0.263. The van der Waals surface area contributed by atoms with Gasteiger partial charge in [-0.15, -0.1) is 0 Å². The van der Waals surface area contributed by atoms with Crippen LogP contribution in [0.4, 0.5) is 11.5 Å². The largest absolute Gasteiger partial charge is 0.426 e. The zero-order valence-electron chi connectivity index (χ0n) is 15.1. The lowest BCUT2D eigenvalue weighted by atomic mass is 9.99. The highest BCUT2D eigenvalue weighted by molar-refractivity contribution is 6.15. The number of anilines is 2. The van der Waals surface area contributed by atoms with Crippen LogP contribution in [0.1, 0.15) is 25.0 Å². The highest BCUT2D eigenvalue weighted by Crippen LogP contribution is 2.22. The zero-order chi connectivity index (χ0) is 19.4. The number of aromatic nitrogens is 1. The minimum atomic E-state index is -0.153. The molecule has 1 aromatic carbocycles. The molecule has 0 unspecified atom stereocenters. The normalized spacial score (nSPS) is 13.9. The first-order valence-corrected chi connectivity index (χ1v) is 8.55. The van der Waals surface area contributed by atoms with E-state index in [4.69, 9.17) is 31.4 Å². The standard InChI is InChI=1S/C19H22N6O2.H2/c1-12(20)27-19(23)14-2-3-16(21)15(10-14)18(22)13-4-5-24-17(11-13)25-6-8-26-9-7-25;/h2-5,10-11,20,22-23H,6-9,21H2,1H3;1H. The SMILES string of the molecule is CC(=N)OC(=N)c1ccc(N)c(C(=N)c2ccnc(N3CCOCC3)c2)c1.[HH]. The van der Waals surface area contributed by atoms with Crippen molar-refractivity contribution < 1.29 is 10.9 Å². The van der Waals surface area contributed by atoms with Crippen LogP contribution < -0.4 is 10.6 Å². The van der Waals surface area contributed by atoms with Crippen LogP contribution in [-0.4, -0.2) is 48.8 Å². The molecule has 1 fully saturated rings. The molecule has 3 rings (SSSR count). The second kappa shape index (κ2) is 7.96. The first kappa shape index (κ1) is 18.5. The van der Waals surface area contributed by atoms with Gasteiger partial charge in [-0.25, -0.2) is 4.98 Å². The molecule has 142 valence electrons. The van der Waals surface area contributed by atoms with E-state index in [0.717, 1.165) is 18.9 Å². The summed E-state index contributed by atoms with van der Waals surface area (Å²) in [6.45, 7) is 4.30. The zero-order valence-corrected chi connectivity index (χ0v) is 15.1. The Kier molecular flexibility index (Phi) is 5.46. The number of pyridine rings is 1. The van der Waals surface area contributed by atoms with E-state index in [9.17, 15) is 0 Å². The lowest BCUT2D eigenvalue weighted by Crippen LogP contribution is -2.36. The molecule has 1 aliphatic rings. The third kappa shape index (κ3) is 4.29. The van der Waals surface area contributed by atoms with Gasteiger partial charge in [-0.2, -0.15) is 0 Å². The van der Waals surface area contributed by atoms with Gasteiger partial charge in [0.05, 0.1) is 18.9 Å². The number of nitrogens with zero attached hydrogens (tertiary/aromatic N) is 2. The number of nitrogen functional groups attached to an aromatic ring is 1. The maximum Gasteiger partial charge on any atom is 0.220 e. The van der Waals surface area contributed by atoms with Crippen molar-refractivity contribution in [1.29, 1.82) is 16.2 Å². The van der Waals surface area contributed by atoms with E-state index in [2.05, 4.69) is 9.88 Å². The third-order valence-corrected chi connectivity index (χ3v) is 4.21. The second-order valence-electron chi connectivity index (χ2n) is 6.17. The Morgan fingerprint density at radius 1 is 1.15 bits per heavy atom. The monoisotopic (exact) mass is 368 g/mol. The topological polar surface area (TPSA) is 132 Å². The van der Waals surface area contributed by atoms with Gasteiger partial charge in [-0.1, -0.05) is 0 Å². The highest BCUT2D eigenvalue weighted by Gasteiger charge is 2.16. The summed E-state index contributed by atoms with van der Waals surface area (Å²) in [5.74, 6) is 0.573. The Hall–Kier alpha value is -3.26. The lowest BCUT2D eigenvalue weighted by molar-refractivity contribution is 0.122.